The zero-order valence-electron chi connectivity index (χ0n) is 10.3. The van der Waals surface area contributed by atoms with Gasteiger partial charge in [-0.15, -0.1) is 0 Å². The number of hydrogen-bond acceptors (Lipinski definition) is 5. The molecule has 0 fully saturated rings. The average molecular weight is 227 g/mol. The number of aromatic nitrogens is 2. The van der Waals surface area contributed by atoms with E-state index in [1.165, 1.54) is 0 Å². The van der Waals surface area contributed by atoms with E-state index in [9.17, 15) is 0 Å². The third-order valence-corrected chi connectivity index (χ3v) is 2.06. The molecule has 0 unspecified atom stereocenters. The molecule has 1 aromatic heterocycles. The Kier molecular flexibility index (Phi) is 6.03. The third kappa shape index (κ3) is 5.23. The first kappa shape index (κ1) is 13.1. The molecule has 5 nitrogen and oxygen atoms in total. The van der Waals surface area contributed by atoms with E-state index in [4.69, 9.17) is 9.26 Å². The summed E-state index contributed by atoms with van der Waals surface area (Å²) in [5.41, 5.74) is 0. The molecular weight excluding hydrogens is 206 g/mol. The predicted octanol–water partition coefficient (Wildman–Crippen LogP) is 1.54. The van der Waals surface area contributed by atoms with Crippen LogP contribution in [-0.2, 0) is 17.8 Å². The Bertz CT molecular complexity index is 287. The van der Waals surface area contributed by atoms with Gasteiger partial charge in [0.1, 0.15) is 6.61 Å². The first-order valence-electron chi connectivity index (χ1n) is 5.85. The van der Waals surface area contributed by atoms with E-state index in [-0.39, 0.29) is 0 Å². The summed E-state index contributed by atoms with van der Waals surface area (Å²) in [7, 11) is 0. The van der Waals surface area contributed by atoms with E-state index < -0.39 is 0 Å². The van der Waals surface area contributed by atoms with Gasteiger partial charge in [0.2, 0.25) is 5.89 Å². The smallest absolute Gasteiger partial charge is 0.226 e. The fraction of sp³-hybridized carbons (Fsp3) is 0.818. The second-order valence-electron chi connectivity index (χ2n) is 3.97. The maximum Gasteiger partial charge on any atom is 0.226 e. The summed E-state index contributed by atoms with van der Waals surface area (Å²) in [5, 5.41) is 7.13. The number of ether oxygens (including phenoxy) is 1. The molecule has 0 radical (unpaired) electrons. The van der Waals surface area contributed by atoms with Crippen LogP contribution < -0.4 is 5.32 Å². The van der Waals surface area contributed by atoms with Crippen LogP contribution in [0.5, 0.6) is 0 Å². The molecule has 1 rings (SSSR count). The van der Waals surface area contributed by atoms with Gasteiger partial charge in [0.25, 0.3) is 0 Å². The molecule has 0 saturated heterocycles. The average Bonchev–Trinajstić information content (AvgIpc) is 2.70. The Morgan fingerprint density at radius 2 is 2.25 bits per heavy atom. The first-order chi connectivity index (χ1) is 7.72. The SMILES string of the molecule is CCc1nc(COCCCNC(C)C)no1. The van der Waals surface area contributed by atoms with Crippen molar-refractivity contribution in [3.8, 4) is 0 Å². The normalized spacial score (nSPS) is 11.2. The minimum Gasteiger partial charge on any atom is -0.373 e. The van der Waals surface area contributed by atoms with Crippen LogP contribution in [-0.4, -0.2) is 29.3 Å². The molecule has 0 aliphatic carbocycles. The summed E-state index contributed by atoms with van der Waals surface area (Å²) in [6.07, 6.45) is 1.77. The quantitative estimate of drug-likeness (QED) is 0.682. The second kappa shape index (κ2) is 7.35. The van der Waals surface area contributed by atoms with Gasteiger partial charge in [0.15, 0.2) is 5.82 Å². The zero-order valence-corrected chi connectivity index (χ0v) is 10.3. The van der Waals surface area contributed by atoms with Gasteiger partial charge < -0.3 is 14.6 Å². The number of nitrogens with one attached hydrogen (secondary N) is 1. The lowest BCUT2D eigenvalue weighted by atomic mass is 10.3. The zero-order chi connectivity index (χ0) is 11.8. The van der Waals surface area contributed by atoms with Crippen LogP contribution in [0, 0.1) is 0 Å². The molecule has 0 aliphatic rings. The minimum absolute atomic E-state index is 0.436. The van der Waals surface area contributed by atoms with Crippen molar-refractivity contribution in [2.75, 3.05) is 13.2 Å². The van der Waals surface area contributed by atoms with Crippen LogP contribution in [0.2, 0.25) is 0 Å². The molecule has 1 heterocycles. The fourth-order valence-electron chi connectivity index (χ4n) is 1.22. The molecule has 0 saturated carbocycles. The third-order valence-electron chi connectivity index (χ3n) is 2.06. The first-order valence-corrected chi connectivity index (χ1v) is 5.85. The summed E-state index contributed by atoms with van der Waals surface area (Å²) < 4.78 is 10.4. The topological polar surface area (TPSA) is 60.2 Å². The Labute approximate surface area is 96.6 Å². The standard InChI is InChI=1S/C11H21N3O2/c1-4-11-13-10(14-16-11)8-15-7-5-6-12-9(2)3/h9,12H,4-8H2,1-3H3. The van der Waals surface area contributed by atoms with Crippen LogP contribution in [0.15, 0.2) is 4.52 Å². The molecule has 16 heavy (non-hydrogen) atoms. The lowest BCUT2D eigenvalue weighted by Gasteiger charge is -2.07. The van der Waals surface area contributed by atoms with Gasteiger partial charge in [-0.05, 0) is 13.0 Å². The Morgan fingerprint density at radius 1 is 1.44 bits per heavy atom. The highest BCUT2D eigenvalue weighted by atomic mass is 16.5. The molecule has 0 aliphatic heterocycles. The summed E-state index contributed by atoms with van der Waals surface area (Å²) in [5.74, 6) is 1.30. The van der Waals surface area contributed by atoms with Crippen molar-refractivity contribution >= 4 is 0 Å². The van der Waals surface area contributed by atoms with E-state index in [0.717, 1.165) is 26.0 Å². The van der Waals surface area contributed by atoms with Crippen LogP contribution >= 0.6 is 0 Å². The number of aryl methyl sites for hydroxylation is 1. The summed E-state index contributed by atoms with van der Waals surface area (Å²) in [6, 6.07) is 0.532. The molecule has 0 amide bonds. The maximum atomic E-state index is 5.43. The van der Waals surface area contributed by atoms with Crippen molar-refractivity contribution in [1.29, 1.82) is 0 Å². The van der Waals surface area contributed by atoms with E-state index >= 15 is 0 Å². The van der Waals surface area contributed by atoms with E-state index in [2.05, 4.69) is 29.3 Å². The molecule has 0 bridgehead atoms. The maximum absolute atomic E-state index is 5.43. The Hall–Kier alpha value is -0.940. The van der Waals surface area contributed by atoms with Gasteiger partial charge >= 0.3 is 0 Å². The van der Waals surface area contributed by atoms with Gasteiger partial charge in [0, 0.05) is 19.1 Å². The molecule has 92 valence electrons. The fourth-order valence-corrected chi connectivity index (χ4v) is 1.22. The number of nitrogens with zero attached hydrogens (tertiary/aromatic N) is 2. The predicted molar refractivity (Wildman–Crippen MR) is 61.1 cm³/mol. The van der Waals surface area contributed by atoms with Crippen LogP contribution in [0.3, 0.4) is 0 Å². The second-order valence-corrected chi connectivity index (χ2v) is 3.97. The van der Waals surface area contributed by atoms with Gasteiger partial charge in [-0.3, -0.25) is 0 Å². The van der Waals surface area contributed by atoms with Gasteiger partial charge in [0.05, 0.1) is 0 Å². The van der Waals surface area contributed by atoms with E-state index in [1.807, 2.05) is 6.92 Å². The monoisotopic (exact) mass is 227 g/mol. The number of hydrogen-bond donors (Lipinski definition) is 1. The minimum atomic E-state index is 0.436. The van der Waals surface area contributed by atoms with E-state index in [0.29, 0.717) is 24.4 Å². The Morgan fingerprint density at radius 3 is 2.88 bits per heavy atom. The van der Waals surface area contributed by atoms with Crippen molar-refractivity contribution in [3.05, 3.63) is 11.7 Å². The molecule has 5 heteroatoms. The molecule has 1 aromatic rings. The molecular formula is C11H21N3O2. The highest BCUT2D eigenvalue weighted by molar-refractivity contribution is 4.83. The van der Waals surface area contributed by atoms with Crippen molar-refractivity contribution in [2.24, 2.45) is 0 Å². The van der Waals surface area contributed by atoms with Crippen LogP contribution in [0.1, 0.15) is 38.9 Å². The van der Waals surface area contributed by atoms with Crippen LogP contribution in [0.4, 0.5) is 0 Å². The van der Waals surface area contributed by atoms with Gasteiger partial charge in [-0.2, -0.15) is 4.98 Å². The molecule has 1 N–H and O–H groups in total. The van der Waals surface area contributed by atoms with Crippen molar-refractivity contribution in [1.82, 2.24) is 15.5 Å². The highest BCUT2D eigenvalue weighted by Crippen LogP contribution is 1.99. The van der Waals surface area contributed by atoms with Crippen molar-refractivity contribution < 1.29 is 9.26 Å². The highest BCUT2D eigenvalue weighted by Gasteiger charge is 2.03. The lowest BCUT2D eigenvalue weighted by Crippen LogP contribution is -2.24. The van der Waals surface area contributed by atoms with Crippen LogP contribution in [0.25, 0.3) is 0 Å². The van der Waals surface area contributed by atoms with Gasteiger partial charge in [-0.1, -0.05) is 25.9 Å². The van der Waals surface area contributed by atoms with E-state index in [1.54, 1.807) is 0 Å². The number of rotatable bonds is 8. The largest absolute Gasteiger partial charge is 0.373 e. The van der Waals surface area contributed by atoms with Gasteiger partial charge in [-0.25, -0.2) is 0 Å². The summed E-state index contributed by atoms with van der Waals surface area (Å²) in [6.45, 7) is 8.37. The molecule has 0 spiro atoms. The lowest BCUT2D eigenvalue weighted by molar-refractivity contribution is 0.111. The summed E-state index contributed by atoms with van der Waals surface area (Å²) in [4.78, 5) is 4.16. The Balaban J connectivity index is 2.02. The molecule has 0 atom stereocenters. The van der Waals surface area contributed by atoms with Crippen molar-refractivity contribution in [3.63, 3.8) is 0 Å². The summed E-state index contributed by atoms with van der Waals surface area (Å²) >= 11 is 0. The van der Waals surface area contributed by atoms with Crippen molar-refractivity contribution in [2.45, 2.75) is 46.3 Å². The molecule has 0 aromatic carbocycles.